The third kappa shape index (κ3) is 3.67. The van der Waals surface area contributed by atoms with Gasteiger partial charge in [0.15, 0.2) is 5.82 Å². The zero-order valence-electron chi connectivity index (χ0n) is 13.0. The van der Waals surface area contributed by atoms with Crippen molar-refractivity contribution in [3.05, 3.63) is 17.6 Å². The highest BCUT2D eigenvalue weighted by Crippen LogP contribution is 2.22. The van der Waals surface area contributed by atoms with Crippen molar-refractivity contribution in [3.8, 4) is 0 Å². The van der Waals surface area contributed by atoms with Gasteiger partial charge in [0.2, 0.25) is 0 Å². The molecule has 1 atom stereocenters. The third-order valence-electron chi connectivity index (χ3n) is 3.63. The SMILES string of the molecule is CCNc1cc(CC)nc(C2CN(C(C)C)CCO2)n1. The first-order valence-electron chi connectivity index (χ1n) is 7.61. The van der Waals surface area contributed by atoms with Crippen molar-refractivity contribution in [1.29, 1.82) is 0 Å². The number of ether oxygens (including phenoxy) is 1. The van der Waals surface area contributed by atoms with Gasteiger partial charge in [0, 0.05) is 37.4 Å². The standard InChI is InChI=1S/C15H26N4O/c1-5-12-9-14(16-6-2)18-15(17-12)13-10-19(11(3)4)7-8-20-13/h9,11,13H,5-8,10H2,1-4H3,(H,16,17,18). The van der Waals surface area contributed by atoms with Crippen molar-refractivity contribution in [3.63, 3.8) is 0 Å². The highest BCUT2D eigenvalue weighted by molar-refractivity contribution is 5.36. The molecular formula is C15H26N4O. The number of nitrogens with one attached hydrogen (secondary N) is 1. The van der Waals surface area contributed by atoms with Crippen LogP contribution in [0.4, 0.5) is 5.82 Å². The van der Waals surface area contributed by atoms with Crippen LogP contribution >= 0.6 is 0 Å². The molecule has 1 unspecified atom stereocenters. The maximum absolute atomic E-state index is 5.88. The lowest BCUT2D eigenvalue weighted by atomic mass is 10.2. The number of hydrogen-bond donors (Lipinski definition) is 1. The molecule has 112 valence electrons. The van der Waals surface area contributed by atoms with Crippen molar-refractivity contribution in [2.45, 2.75) is 46.3 Å². The molecule has 1 aromatic rings. The summed E-state index contributed by atoms with van der Waals surface area (Å²) >= 11 is 0. The highest BCUT2D eigenvalue weighted by atomic mass is 16.5. The van der Waals surface area contributed by atoms with Crippen LogP contribution in [-0.4, -0.2) is 47.2 Å². The molecule has 2 heterocycles. The Bertz CT molecular complexity index is 436. The Morgan fingerprint density at radius 3 is 2.85 bits per heavy atom. The molecular weight excluding hydrogens is 252 g/mol. The maximum atomic E-state index is 5.88. The second kappa shape index (κ2) is 6.99. The third-order valence-corrected chi connectivity index (χ3v) is 3.63. The van der Waals surface area contributed by atoms with Crippen LogP contribution in [0.1, 0.15) is 45.3 Å². The quantitative estimate of drug-likeness (QED) is 0.895. The van der Waals surface area contributed by atoms with Crippen molar-refractivity contribution < 1.29 is 4.74 Å². The number of hydrogen-bond acceptors (Lipinski definition) is 5. The van der Waals surface area contributed by atoms with Crippen molar-refractivity contribution in [2.75, 3.05) is 31.6 Å². The Hall–Kier alpha value is -1.20. The zero-order valence-corrected chi connectivity index (χ0v) is 13.0. The molecule has 1 aromatic heterocycles. The van der Waals surface area contributed by atoms with E-state index in [-0.39, 0.29) is 6.10 Å². The van der Waals surface area contributed by atoms with Crippen LogP contribution in [0.3, 0.4) is 0 Å². The van der Waals surface area contributed by atoms with Crippen molar-refractivity contribution in [2.24, 2.45) is 0 Å². The predicted molar refractivity (Wildman–Crippen MR) is 81.0 cm³/mol. The predicted octanol–water partition coefficient (Wildman–Crippen LogP) is 2.25. The smallest absolute Gasteiger partial charge is 0.161 e. The number of anilines is 1. The normalized spacial score (nSPS) is 20.4. The van der Waals surface area contributed by atoms with E-state index >= 15 is 0 Å². The Morgan fingerprint density at radius 2 is 2.20 bits per heavy atom. The van der Waals surface area contributed by atoms with E-state index in [2.05, 4.69) is 47.9 Å². The van der Waals surface area contributed by atoms with E-state index in [1.54, 1.807) is 0 Å². The second-order valence-electron chi connectivity index (χ2n) is 5.43. The van der Waals surface area contributed by atoms with Gasteiger partial charge in [-0.2, -0.15) is 0 Å². The summed E-state index contributed by atoms with van der Waals surface area (Å²) in [5.41, 5.74) is 1.07. The molecule has 0 radical (unpaired) electrons. The molecule has 0 aromatic carbocycles. The summed E-state index contributed by atoms with van der Waals surface area (Å²) in [6, 6.07) is 2.56. The first-order valence-corrected chi connectivity index (χ1v) is 7.61. The fourth-order valence-electron chi connectivity index (χ4n) is 2.41. The van der Waals surface area contributed by atoms with Crippen LogP contribution in [0.25, 0.3) is 0 Å². The van der Waals surface area contributed by atoms with E-state index in [9.17, 15) is 0 Å². The van der Waals surface area contributed by atoms with Crippen LogP contribution in [-0.2, 0) is 11.2 Å². The summed E-state index contributed by atoms with van der Waals surface area (Å²) in [6.45, 7) is 12.1. The lowest BCUT2D eigenvalue weighted by Gasteiger charge is -2.34. The van der Waals surface area contributed by atoms with E-state index < -0.39 is 0 Å². The van der Waals surface area contributed by atoms with Crippen molar-refractivity contribution >= 4 is 5.82 Å². The number of rotatable bonds is 5. The molecule has 1 saturated heterocycles. The molecule has 0 saturated carbocycles. The van der Waals surface area contributed by atoms with Gasteiger partial charge in [-0.3, -0.25) is 4.90 Å². The molecule has 0 amide bonds. The van der Waals surface area contributed by atoms with E-state index in [4.69, 9.17) is 4.74 Å². The summed E-state index contributed by atoms with van der Waals surface area (Å²) in [5, 5.41) is 3.28. The largest absolute Gasteiger partial charge is 0.370 e. The topological polar surface area (TPSA) is 50.3 Å². The zero-order chi connectivity index (χ0) is 14.5. The molecule has 1 aliphatic rings. The Balaban J connectivity index is 2.19. The van der Waals surface area contributed by atoms with Crippen LogP contribution in [0, 0.1) is 0 Å². The maximum Gasteiger partial charge on any atom is 0.161 e. The molecule has 1 aliphatic heterocycles. The number of aromatic nitrogens is 2. The minimum Gasteiger partial charge on any atom is -0.370 e. The molecule has 0 aliphatic carbocycles. The van der Waals surface area contributed by atoms with E-state index in [0.717, 1.165) is 50.0 Å². The van der Waals surface area contributed by atoms with Crippen molar-refractivity contribution in [1.82, 2.24) is 14.9 Å². The number of nitrogens with zero attached hydrogens (tertiary/aromatic N) is 3. The van der Waals surface area contributed by atoms with Gasteiger partial charge >= 0.3 is 0 Å². The van der Waals surface area contributed by atoms with Crippen LogP contribution in [0.5, 0.6) is 0 Å². The molecule has 0 bridgehead atoms. The number of aryl methyl sites for hydroxylation is 1. The summed E-state index contributed by atoms with van der Waals surface area (Å²) in [5.74, 6) is 1.71. The van der Waals surface area contributed by atoms with E-state index in [1.165, 1.54) is 0 Å². The second-order valence-corrected chi connectivity index (χ2v) is 5.43. The van der Waals surface area contributed by atoms with Crippen LogP contribution < -0.4 is 5.32 Å². The Morgan fingerprint density at radius 1 is 1.40 bits per heavy atom. The van der Waals surface area contributed by atoms with Gasteiger partial charge in [-0.15, -0.1) is 0 Å². The van der Waals surface area contributed by atoms with Gasteiger partial charge in [-0.1, -0.05) is 6.92 Å². The van der Waals surface area contributed by atoms with Gasteiger partial charge < -0.3 is 10.1 Å². The summed E-state index contributed by atoms with van der Waals surface area (Å²) < 4.78 is 5.88. The first-order chi connectivity index (χ1) is 9.63. The molecule has 2 rings (SSSR count). The fourth-order valence-corrected chi connectivity index (χ4v) is 2.41. The lowest BCUT2D eigenvalue weighted by Crippen LogP contribution is -2.42. The lowest BCUT2D eigenvalue weighted by molar-refractivity contribution is -0.0443. The van der Waals surface area contributed by atoms with Gasteiger partial charge in [-0.25, -0.2) is 9.97 Å². The van der Waals surface area contributed by atoms with E-state index in [1.807, 2.05) is 6.07 Å². The fraction of sp³-hybridized carbons (Fsp3) is 0.733. The van der Waals surface area contributed by atoms with E-state index in [0.29, 0.717) is 6.04 Å². The number of morpholine rings is 1. The Kier molecular flexibility index (Phi) is 5.31. The van der Waals surface area contributed by atoms with Crippen LogP contribution in [0.15, 0.2) is 6.07 Å². The highest BCUT2D eigenvalue weighted by Gasteiger charge is 2.26. The minimum absolute atomic E-state index is 0.0185. The monoisotopic (exact) mass is 278 g/mol. The van der Waals surface area contributed by atoms with Gasteiger partial charge in [0.05, 0.1) is 6.61 Å². The summed E-state index contributed by atoms with van der Waals surface area (Å²) in [7, 11) is 0. The average Bonchev–Trinajstić information content (AvgIpc) is 2.47. The minimum atomic E-state index is -0.0185. The van der Waals surface area contributed by atoms with Crippen LogP contribution in [0.2, 0.25) is 0 Å². The average molecular weight is 278 g/mol. The summed E-state index contributed by atoms with van der Waals surface area (Å²) in [4.78, 5) is 11.7. The molecule has 1 fully saturated rings. The van der Waals surface area contributed by atoms with Gasteiger partial charge in [0.25, 0.3) is 0 Å². The summed E-state index contributed by atoms with van der Waals surface area (Å²) in [6.07, 6.45) is 0.893. The molecule has 1 N–H and O–H groups in total. The molecule has 5 nitrogen and oxygen atoms in total. The first kappa shape index (κ1) is 15.2. The molecule has 5 heteroatoms. The Labute approximate surface area is 121 Å². The van der Waals surface area contributed by atoms with Gasteiger partial charge in [-0.05, 0) is 27.2 Å². The van der Waals surface area contributed by atoms with Gasteiger partial charge in [0.1, 0.15) is 11.9 Å². The molecule has 20 heavy (non-hydrogen) atoms. The molecule has 0 spiro atoms.